The monoisotopic (exact) mass is 296 g/mol. The molecular formula is C13H7Cl3N2. The summed E-state index contributed by atoms with van der Waals surface area (Å²) >= 11 is 18.0. The minimum Gasteiger partial charge on any atom is -0.352 e. The third kappa shape index (κ3) is 2.70. The van der Waals surface area contributed by atoms with E-state index in [0.717, 1.165) is 0 Å². The Morgan fingerprint density at radius 1 is 1.00 bits per heavy atom. The van der Waals surface area contributed by atoms with Gasteiger partial charge < -0.3 is 5.32 Å². The molecule has 0 saturated heterocycles. The Morgan fingerprint density at radius 2 is 1.61 bits per heavy atom. The molecule has 0 spiro atoms. The van der Waals surface area contributed by atoms with Crippen molar-refractivity contribution < 1.29 is 0 Å². The lowest BCUT2D eigenvalue weighted by molar-refractivity contribution is 1.46. The van der Waals surface area contributed by atoms with Gasteiger partial charge in [-0.05, 0) is 24.3 Å². The van der Waals surface area contributed by atoms with E-state index in [9.17, 15) is 0 Å². The largest absolute Gasteiger partial charge is 0.352 e. The average molecular weight is 298 g/mol. The van der Waals surface area contributed by atoms with Crippen LogP contribution in [0, 0.1) is 11.3 Å². The maximum atomic E-state index is 9.00. The summed E-state index contributed by atoms with van der Waals surface area (Å²) in [5, 5.41) is 13.3. The topological polar surface area (TPSA) is 35.8 Å². The van der Waals surface area contributed by atoms with Crippen molar-refractivity contribution in [3.63, 3.8) is 0 Å². The van der Waals surface area contributed by atoms with Crippen LogP contribution in [0.1, 0.15) is 5.56 Å². The summed E-state index contributed by atoms with van der Waals surface area (Å²) in [6.07, 6.45) is 0. The number of anilines is 2. The van der Waals surface area contributed by atoms with Crippen LogP contribution in [0.5, 0.6) is 0 Å². The second-order valence-electron chi connectivity index (χ2n) is 3.53. The molecule has 0 aliphatic heterocycles. The maximum Gasteiger partial charge on any atom is 0.101 e. The van der Waals surface area contributed by atoms with Gasteiger partial charge in [0.2, 0.25) is 0 Å². The second kappa shape index (κ2) is 5.49. The highest BCUT2D eigenvalue weighted by molar-refractivity contribution is 6.41. The van der Waals surface area contributed by atoms with E-state index < -0.39 is 0 Å². The zero-order valence-electron chi connectivity index (χ0n) is 9.05. The van der Waals surface area contributed by atoms with Crippen molar-refractivity contribution in [2.45, 2.75) is 0 Å². The fourth-order valence-electron chi connectivity index (χ4n) is 1.49. The van der Waals surface area contributed by atoms with Gasteiger partial charge in [-0.1, -0.05) is 46.9 Å². The standard InChI is InChI=1S/C13H7Cl3N2/c14-9-5-10(15)13(11(16)6-9)18-12-4-2-1-3-8(12)7-17/h1-6,18H. The maximum absolute atomic E-state index is 9.00. The van der Waals surface area contributed by atoms with Crippen LogP contribution in [0.2, 0.25) is 15.1 Å². The smallest absolute Gasteiger partial charge is 0.101 e. The van der Waals surface area contributed by atoms with Crippen LogP contribution >= 0.6 is 34.8 Å². The molecule has 0 unspecified atom stereocenters. The molecule has 0 aliphatic rings. The van der Waals surface area contributed by atoms with E-state index in [4.69, 9.17) is 40.1 Å². The van der Waals surface area contributed by atoms with Gasteiger partial charge in [0.25, 0.3) is 0 Å². The van der Waals surface area contributed by atoms with Crippen LogP contribution < -0.4 is 5.32 Å². The number of hydrogen-bond acceptors (Lipinski definition) is 2. The van der Waals surface area contributed by atoms with Crippen molar-refractivity contribution in [3.05, 3.63) is 57.0 Å². The molecule has 0 radical (unpaired) electrons. The minimum absolute atomic E-state index is 0.403. The van der Waals surface area contributed by atoms with Crippen molar-refractivity contribution in [1.82, 2.24) is 0 Å². The lowest BCUT2D eigenvalue weighted by atomic mass is 10.2. The molecule has 2 aromatic carbocycles. The molecule has 2 nitrogen and oxygen atoms in total. The number of benzene rings is 2. The Balaban J connectivity index is 2.44. The third-order valence-electron chi connectivity index (χ3n) is 2.31. The molecule has 0 fully saturated rings. The molecule has 0 bridgehead atoms. The number of nitriles is 1. The van der Waals surface area contributed by atoms with Crippen LogP contribution in [-0.4, -0.2) is 0 Å². The summed E-state index contributed by atoms with van der Waals surface area (Å²) in [5.74, 6) is 0. The normalized spacial score (nSPS) is 9.89. The number of nitrogens with zero attached hydrogens (tertiary/aromatic N) is 1. The summed E-state index contributed by atoms with van der Waals surface area (Å²) in [6.45, 7) is 0. The molecule has 5 heteroatoms. The Kier molecular flexibility index (Phi) is 3.98. The van der Waals surface area contributed by atoms with E-state index in [1.54, 1.807) is 30.3 Å². The zero-order valence-corrected chi connectivity index (χ0v) is 11.3. The molecular weight excluding hydrogens is 291 g/mol. The van der Waals surface area contributed by atoms with Crippen LogP contribution in [0.4, 0.5) is 11.4 Å². The van der Waals surface area contributed by atoms with E-state index in [1.165, 1.54) is 0 Å². The lowest BCUT2D eigenvalue weighted by Crippen LogP contribution is -1.95. The Morgan fingerprint density at radius 3 is 2.22 bits per heavy atom. The van der Waals surface area contributed by atoms with Gasteiger partial charge in [0, 0.05) is 5.02 Å². The SMILES string of the molecule is N#Cc1ccccc1Nc1c(Cl)cc(Cl)cc1Cl. The number of para-hydroxylation sites is 1. The van der Waals surface area contributed by atoms with Gasteiger partial charge in [-0.3, -0.25) is 0 Å². The average Bonchev–Trinajstić information content (AvgIpc) is 2.34. The van der Waals surface area contributed by atoms with Gasteiger partial charge in [-0.25, -0.2) is 0 Å². The van der Waals surface area contributed by atoms with E-state index in [0.29, 0.717) is 32.0 Å². The predicted octanol–water partition coefficient (Wildman–Crippen LogP) is 5.26. The second-order valence-corrected chi connectivity index (χ2v) is 4.78. The predicted molar refractivity (Wildman–Crippen MR) is 75.9 cm³/mol. The third-order valence-corrected chi connectivity index (χ3v) is 3.13. The summed E-state index contributed by atoms with van der Waals surface area (Å²) in [5.41, 5.74) is 1.69. The molecule has 1 N–H and O–H groups in total. The Labute approximate surface area is 120 Å². The number of nitrogens with one attached hydrogen (secondary N) is 1. The number of halogens is 3. The minimum atomic E-state index is 0.403. The van der Waals surface area contributed by atoms with Gasteiger partial charge in [-0.15, -0.1) is 0 Å². The van der Waals surface area contributed by atoms with Gasteiger partial charge in [-0.2, -0.15) is 5.26 Å². The first-order valence-electron chi connectivity index (χ1n) is 5.02. The van der Waals surface area contributed by atoms with Gasteiger partial charge in [0.05, 0.1) is 27.0 Å². The van der Waals surface area contributed by atoms with Crippen molar-refractivity contribution in [2.75, 3.05) is 5.32 Å². The van der Waals surface area contributed by atoms with Crippen LogP contribution in [-0.2, 0) is 0 Å². The van der Waals surface area contributed by atoms with Gasteiger partial charge in [0.1, 0.15) is 6.07 Å². The number of hydrogen-bond donors (Lipinski definition) is 1. The molecule has 0 atom stereocenters. The lowest BCUT2D eigenvalue weighted by Gasteiger charge is -2.11. The number of rotatable bonds is 2. The summed E-state index contributed by atoms with van der Waals surface area (Å²) < 4.78 is 0. The first-order chi connectivity index (χ1) is 8.61. The molecule has 0 aliphatic carbocycles. The first-order valence-corrected chi connectivity index (χ1v) is 6.16. The van der Waals surface area contributed by atoms with E-state index in [-0.39, 0.29) is 0 Å². The molecule has 18 heavy (non-hydrogen) atoms. The molecule has 0 amide bonds. The highest BCUT2D eigenvalue weighted by Crippen LogP contribution is 2.36. The zero-order chi connectivity index (χ0) is 13.1. The van der Waals surface area contributed by atoms with E-state index in [1.807, 2.05) is 6.07 Å². The Hall–Kier alpha value is -1.40. The first kappa shape index (κ1) is 13.0. The van der Waals surface area contributed by atoms with E-state index in [2.05, 4.69) is 11.4 Å². The fraction of sp³-hybridized carbons (Fsp3) is 0. The molecule has 90 valence electrons. The quantitative estimate of drug-likeness (QED) is 0.820. The molecule has 0 aromatic heterocycles. The highest BCUT2D eigenvalue weighted by Gasteiger charge is 2.09. The summed E-state index contributed by atoms with van der Waals surface area (Å²) in [7, 11) is 0. The molecule has 2 rings (SSSR count). The van der Waals surface area contributed by atoms with Gasteiger partial charge in [0.15, 0.2) is 0 Å². The molecule has 0 saturated carbocycles. The van der Waals surface area contributed by atoms with E-state index >= 15 is 0 Å². The summed E-state index contributed by atoms with van der Waals surface area (Å²) in [4.78, 5) is 0. The van der Waals surface area contributed by atoms with Crippen molar-refractivity contribution >= 4 is 46.2 Å². The van der Waals surface area contributed by atoms with Crippen LogP contribution in [0.15, 0.2) is 36.4 Å². The molecule has 2 aromatic rings. The van der Waals surface area contributed by atoms with Crippen LogP contribution in [0.3, 0.4) is 0 Å². The van der Waals surface area contributed by atoms with Crippen molar-refractivity contribution in [1.29, 1.82) is 5.26 Å². The molecule has 0 heterocycles. The van der Waals surface area contributed by atoms with Crippen molar-refractivity contribution in [3.8, 4) is 6.07 Å². The van der Waals surface area contributed by atoms with Crippen LogP contribution in [0.25, 0.3) is 0 Å². The Bertz CT molecular complexity index is 609. The fourth-order valence-corrected chi connectivity index (χ4v) is 2.40. The summed E-state index contributed by atoms with van der Waals surface area (Å²) in [6, 6.07) is 12.4. The van der Waals surface area contributed by atoms with Crippen molar-refractivity contribution in [2.24, 2.45) is 0 Å². The van der Waals surface area contributed by atoms with Gasteiger partial charge >= 0.3 is 0 Å². The highest BCUT2D eigenvalue weighted by atomic mass is 35.5.